The summed E-state index contributed by atoms with van der Waals surface area (Å²) in [7, 11) is -3.67. The number of rotatable bonds is 12. The Morgan fingerprint density at radius 2 is 1.87 bits per heavy atom. The van der Waals surface area contributed by atoms with Crippen molar-refractivity contribution in [2.45, 2.75) is 39.0 Å². The SMILES string of the molecule is CC[C@@H](CO)NC(=O)c1cccc(Nc2ncc(C(F)(F)F)c(NCc3cccnc3NS(=O)(=O)CC)n2)c1. The van der Waals surface area contributed by atoms with Crippen molar-refractivity contribution in [1.82, 2.24) is 20.3 Å². The van der Waals surface area contributed by atoms with Gasteiger partial charge in [-0.2, -0.15) is 18.2 Å². The zero-order chi connectivity index (χ0) is 28.6. The molecule has 0 fully saturated rings. The van der Waals surface area contributed by atoms with Gasteiger partial charge in [0.1, 0.15) is 17.2 Å². The first kappa shape index (κ1) is 29.6. The van der Waals surface area contributed by atoms with Crippen LogP contribution < -0.4 is 20.7 Å². The largest absolute Gasteiger partial charge is 0.421 e. The first-order valence-electron chi connectivity index (χ1n) is 11.9. The van der Waals surface area contributed by atoms with Crippen LogP contribution in [0.15, 0.2) is 48.8 Å². The molecular formula is C24H28F3N7O4S. The summed E-state index contributed by atoms with van der Waals surface area (Å²) in [6.07, 6.45) is -2.28. The second kappa shape index (κ2) is 12.7. The van der Waals surface area contributed by atoms with Crippen molar-refractivity contribution < 1.29 is 31.5 Å². The van der Waals surface area contributed by atoms with Crippen LogP contribution in [0.3, 0.4) is 0 Å². The summed E-state index contributed by atoms with van der Waals surface area (Å²) in [5.41, 5.74) is -0.233. The van der Waals surface area contributed by atoms with Gasteiger partial charge in [-0.15, -0.1) is 0 Å². The van der Waals surface area contributed by atoms with Crippen LogP contribution in [-0.4, -0.2) is 52.8 Å². The molecule has 0 aliphatic rings. The van der Waals surface area contributed by atoms with E-state index in [1.165, 1.54) is 31.3 Å². The Morgan fingerprint density at radius 3 is 2.54 bits per heavy atom. The molecule has 11 nitrogen and oxygen atoms in total. The van der Waals surface area contributed by atoms with Crippen LogP contribution in [0.5, 0.6) is 0 Å². The predicted octanol–water partition coefficient (Wildman–Crippen LogP) is 3.51. The highest BCUT2D eigenvalue weighted by molar-refractivity contribution is 7.92. The van der Waals surface area contributed by atoms with E-state index in [-0.39, 0.29) is 36.2 Å². The van der Waals surface area contributed by atoms with E-state index in [9.17, 15) is 31.5 Å². The highest BCUT2D eigenvalue weighted by Crippen LogP contribution is 2.34. The lowest BCUT2D eigenvalue weighted by Crippen LogP contribution is -2.36. The van der Waals surface area contributed by atoms with Gasteiger partial charge in [-0.3, -0.25) is 9.52 Å². The molecule has 210 valence electrons. The van der Waals surface area contributed by atoms with E-state index >= 15 is 0 Å². The average Bonchev–Trinajstić information content (AvgIpc) is 2.90. The van der Waals surface area contributed by atoms with Gasteiger partial charge in [-0.25, -0.2) is 18.4 Å². The van der Waals surface area contributed by atoms with Crippen LogP contribution >= 0.6 is 0 Å². The molecule has 15 heteroatoms. The third-order valence-corrected chi connectivity index (χ3v) is 6.76. The van der Waals surface area contributed by atoms with E-state index < -0.39 is 39.5 Å². The van der Waals surface area contributed by atoms with Crippen molar-refractivity contribution in [3.8, 4) is 0 Å². The van der Waals surface area contributed by atoms with Crippen molar-refractivity contribution in [3.63, 3.8) is 0 Å². The Hall–Kier alpha value is -3.98. The number of aliphatic hydroxyl groups excluding tert-OH is 1. The van der Waals surface area contributed by atoms with E-state index in [1.807, 2.05) is 6.92 Å². The second-order valence-electron chi connectivity index (χ2n) is 8.29. The number of hydrogen-bond donors (Lipinski definition) is 5. The third kappa shape index (κ3) is 8.25. The maximum Gasteiger partial charge on any atom is 0.421 e. The van der Waals surface area contributed by atoms with Gasteiger partial charge in [0.05, 0.1) is 18.4 Å². The fraction of sp³-hybridized carbons (Fsp3) is 0.333. The highest BCUT2D eigenvalue weighted by atomic mass is 32.2. The van der Waals surface area contributed by atoms with Crippen molar-refractivity contribution >= 4 is 39.2 Å². The van der Waals surface area contributed by atoms with Gasteiger partial charge in [-0.05, 0) is 37.6 Å². The molecule has 0 radical (unpaired) electrons. The molecule has 5 N–H and O–H groups in total. The van der Waals surface area contributed by atoms with Crippen LogP contribution in [0, 0.1) is 0 Å². The van der Waals surface area contributed by atoms with Crippen LogP contribution in [0.4, 0.5) is 36.4 Å². The number of aliphatic hydroxyl groups is 1. The molecule has 2 aromatic heterocycles. The Morgan fingerprint density at radius 1 is 1.10 bits per heavy atom. The number of sulfonamides is 1. The van der Waals surface area contributed by atoms with Crippen LogP contribution in [0.2, 0.25) is 0 Å². The normalized spacial score (nSPS) is 12.5. The number of amides is 1. The number of alkyl halides is 3. The number of halogens is 3. The number of nitrogens with one attached hydrogen (secondary N) is 4. The third-order valence-electron chi connectivity index (χ3n) is 5.49. The Labute approximate surface area is 223 Å². The lowest BCUT2D eigenvalue weighted by atomic mass is 10.1. The van der Waals surface area contributed by atoms with Gasteiger partial charge >= 0.3 is 6.18 Å². The molecule has 0 bridgehead atoms. The topological polar surface area (TPSA) is 158 Å². The van der Waals surface area contributed by atoms with Crippen molar-refractivity contribution in [1.29, 1.82) is 0 Å². The first-order chi connectivity index (χ1) is 18.5. The van der Waals surface area contributed by atoms with Crippen molar-refractivity contribution in [2.24, 2.45) is 0 Å². The van der Waals surface area contributed by atoms with Gasteiger partial charge < -0.3 is 21.1 Å². The number of carbonyl (C=O) groups excluding carboxylic acids is 1. The molecule has 39 heavy (non-hydrogen) atoms. The number of anilines is 4. The monoisotopic (exact) mass is 567 g/mol. The van der Waals surface area contributed by atoms with Gasteiger partial charge in [0, 0.05) is 35.8 Å². The number of hydrogen-bond acceptors (Lipinski definition) is 9. The molecule has 1 amide bonds. The quantitative estimate of drug-likeness (QED) is 0.221. The summed E-state index contributed by atoms with van der Waals surface area (Å²) in [5, 5.41) is 17.4. The number of pyridine rings is 1. The summed E-state index contributed by atoms with van der Waals surface area (Å²) in [5.74, 6) is -1.38. The molecule has 3 aromatic rings. The van der Waals surface area contributed by atoms with E-state index in [0.717, 1.165) is 0 Å². The van der Waals surface area contributed by atoms with Gasteiger partial charge in [0.25, 0.3) is 5.91 Å². The van der Waals surface area contributed by atoms with Crippen LogP contribution in [0.25, 0.3) is 0 Å². The molecule has 0 unspecified atom stereocenters. The molecule has 1 aromatic carbocycles. The predicted molar refractivity (Wildman–Crippen MR) is 140 cm³/mol. The van der Waals surface area contributed by atoms with E-state index in [0.29, 0.717) is 23.9 Å². The average molecular weight is 568 g/mol. The summed E-state index contributed by atoms with van der Waals surface area (Å²) in [6.45, 7) is 2.80. The van der Waals surface area contributed by atoms with E-state index in [2.05, 4.69) is 35.6 Å². The first-order valence-corrected chi connectivity index (χ1v) is 13.5. The smallest absolute Gasteiger partial charge is 0.394 e. The maximum absolute atomic E-state index is 13.7. The summed E-state index contributed by atoms with van der Waals surface area (Å²) in [6, 6.07) is 8.78. The van der Waals surface area contributed by atoms with Crippen molar-refractivity contribution in [2.75, 3.05) is 27.7 Å². The Kier molecular flexibility index (Phi) is 9.64. The molecule has 0 saturated carbocycles. The number of carbonyl (C=O) groups is 1. The molecule has 0 spiro atoms. The number of aromatic nitrogens is 3. The standard InChI is InChI=1S/C24H28F3N7O4S/c1-3-17(14-35)31-22(36)15-7-5-9-18(11-15)32-23-30-13-19(24(25,26)27)21(33-23)29-12-16-8-6-10-28-20(16)34-39(37,38)4-2/h5-11,13,17,35H,3-4,12,14H2,1-2H3,(H,28,34)(H,31,36)(H2,29,30,32,33)/t17-/m0/s1. The van der Waals surface area contributed by atoms with Crippen molar-refractivity contribution in [3.05, 3.63) is 65.5 Å². The molecule has 2 heterocycles. The molecule has 0 aliphatic heterocycles. The van der Waals surface area contributed by atoms with Crippen LogP contribution in [-0.2, 0) is 22.7 Å². The minimum absolute atomic E-state index is 0.0191. The minimum Gasteiger partial charge on any atom is -0.394 e. The van der Waals surface area contributed by atoms with Gasteiger partial charge in [0.2, 0.25) is 16.0 Å². The number of benzene rings is 1. The van der Waals surface area contributed by atoms with Crippen LogP contribution in [0.1, 0.15) is 41.8 Å². The molecular weight excluding hydrogens is 539 g/mol. The second-order valence-corrected chi connectivity index (χ2v) is 10.3. The molecule has 0 saturated heterocycles. The lowest BCUT2D eigenvalue weighted by molar-refractivity contribution is -0.137. The minimum atomic E-state index is -4.77. The van der Waals surface area contributed by atoms with Gasteiger partial charge in [0.15, 0.2) is 0 Å². The fourth-order valence-corrected chi connectivity index (χ4v) is 3.89. The Bertz CT molecular complexity index is 1400. The molecule has 0 aliphatic carbocycles. The summed E-state index contributed by atoms with van der Waals surface area (Å²) >= 11 is 0. The number of nitrogens with zero attached hydrogens (tertiary/aromatic N) is 3. The molecule has 3 rings (SSSR count). The zero-order valence-electron chi connectivity index (χ0n) is 21.1. The molecule has 1 atom stereocenters. The fourth-order valence-electron chi connectivity index (χ4n) is 3.27. The lowest BCUT2D eigenvalue weighted by Gasteiger charge is -2.16. The van der Waals surface area contributed by atoms with Gasteiger partial charge in [-0.1, -0.05) is 19.1 Å². The van der Waals surface area contributed by atoms with E-state index in [1.54, 1.807) is 18.2 Å². The summed E-state index contributed by atoms with van der Waals surface area (Å²) < 4.78 is 67.3. The zero-order valence-corrected chi connectivity index (χ0v) is 21.9. The highest BCUT2D eigenvalue weighted by Gasteiger charge is 2.35. The Balaban J connectivity index is 1.84. The maximum atomic E-state index is 13.7. The summed E-state index contributed by atoms with van der Waals surface area (Å²) in [4.78, 5) is 24.2. The van der Waals surface area contributed by atoms with E-state index in [4.69, 9.17) is 0 Å².